The molecule has 2 N–H and O–H groups in total. The van der Waals surface area contributed by atoms with E-state index in [1.54, 1.807) is 0 Å². The third kappa shape index (κ3) is 3.75. The van der Waals surface area contributed by atoms with E-state index in [1.165, 1.54) is 11.8 Å². The summed E-state index contributed by atoms with van der Waals surface area (Å²) in [5.74, 6) is 0.519. The van der Waals surface area contributed by atoms with E-state index in [0.717, 1.165) is 11.1 Å². The molecule has 114 valence electrons. The molecule has 0 atom stereocenters. The fourth-order valence-electron chi connectivity index (χ4n) is 1.97. The molecule has 5 nitrogen and oxygen atoms in total. The van der Waals surface area contributed by atoms with Gasteiger partial charge >= 0.3 is 0 Å². The van der Waals surface area contributed by atoms with Gasteiger partial charge in [-0.1, -0.05) is 41.6 Å². The van der Waals surface area contributed by atoms with Crippen LogP contribution in [0.2, 0.25) is 0 Å². The van der Waals surface area contributed by atoms with Crippen LogP contribution >= 0.6 is 11.8 Å². The molecule has 22 heavy (non-hydrogen) atoms. The average molecular weight is 314 g/mol. The summed E-state index contributed by atoms with van der Waals surface area (Å²) in [6, 6.07) is 10.1. The van der Waals surface area contributed by atoms with Crippen LogP contribution in [0.1, 0.15) is 17.5 Å². The number of nitriles is 1. The summed E-state index contributed by atoms with van der Waals surface area (Å²) in [7, 11) is 0. The maximum Gasteiger partial charge on any atom is 0.189 e. The van der Waals surface area contributed by atoms with Crippen molar-refractivity contribution >= 4 is 17.6 Å². The lowest BCUT2D eigenvalue weighted by Gasteiger charge is -2.12. The van der Waals surface area contributed by atoms with Gasteiger partial charge in [-0.05, 0) is 19.6 Å². The van der Waals surface area contributed by atoms with Crippen molar-refractivity contribution in [3.63, 3.8) is 0 Å². The second kappa shape index (κ2) is 7.78. The van der Waals surface area contributed by atoms with Crippen LogP contribution in [-0.4, -0.2) is 34.5 Å². The largest absolute Gasteiger partial charge is 0.396 e. The Labute approximate surface area is 134 Å². The molecule has 0 spiro atoms. The Balaban J connectivity index is 2.49. The average Bonchev–Trinajstić information content (AvgIpc) is 2.55. The van der Waals surface area contributed by atoms with Crippen LogP contribution in [-0.2, 0) is 0 Å². The third-order valence-electron chi connectivity index (χ3n) is 3.14. The predicted molar refractivity (Wildman–Crippen MR) is 88.9 cm³/mol. The first-order chi connectivity index (χ1) is 10.7. The Kier molecular flexibility index (Phi) is 5.75. The van der Waals surface area contributed by atoms with Crippen molar-refractivity contribution in [2.24, 2.45) is 0 Å². The number of benzene rings is 1. The Morgan fingerprint density at radius 3 is 2.59 bits per heavy atom. The highest BCUT2D eigenvalue weighted by molar-refractivity contribution is 7.98. The van der Waals surface area contributed by atoms with Gasteiger partial charge in [-0.2, -0.15) is 5.26 Å². The molecule has 2 rings (SSSR count). The molecule has 2 aromatic rings. The van der Waals surface area contributed by atoms with Gasteiger partial charge in [0.05, 0.1) is 5.69 Å². The molecule has 0 bridgehead atoms. The molecule has 6 heteroatoms. The Morgan fingerprint density at radius 2 is 2.00 bits per heavy atom. The lowest BCUT2D eigenvalue weighted by atomic mass is 10.1. The minimum absolute atomic E-state index is 0.0974. The number of aliphatic hydroxyl groups excluding tert-OH is 1. The lowest BCUT2D eigenvalue weighted by Crippen LogP contribution is -2.09. The summed E-state index contributed by atoms with van der Waals surface area (Å²) in [6.45, 7) is 2.67. The highest BCUT2D eigenvalue weighted by atomic mass is 32.2. The van der Waals surface area contributed by atoms with Gasteiger partial charge in [0.1, 0.15) is 17.5 Å². The van der Waals surface area contributed by atoms with E-state index < -0.39 is 0 Å². The van der Waals surface area contributed by atoms with Crippen molar-refractivity contribution in [3.8, 4) is 17.3 Å². The summed E-state index contributed by atoms with van der Waals surface area (Å²) < 4.78 is 0. The van der Waals surface area contributed by atoms with Gasteiger partial charge in [0.15, 0.2) is 5.16 Å². The van der Waals surface area contributed by atoms with E-state index in [-0.39, 0.29) is 6.61 Å². The van der Waals surface area contributed by atoms with Gasteiger partial charge in [-0.15, -0.1) is 0 Å². The Bertz CT molecular complexity index is 680. The van der Waals surface area contributed by atoms with Crippen LogP contribution in [0.25, 0.3) is 11.3 Å². The van der Waals surface area contributed by atoms with Crippen molar-refractivity contribution in [2.45, 2.75) is 18.5 Å². The van der Waals surface area contributed by atoms with Crippen molar-refractivity contribution < 1.29 is 5.11 Å². The normalized spacial score (nSPS) is 10.3. The first kappa shape index (κ1) is 16.3. The molecule has 0 saturated heterocycles. The first-order valence-electron chi connectivity index (χ1n) is 6.97. The second-order valence-electron chi connectivity index (χ2n) is 4.76. The standard InChI is InChI=1S/C16H18N4OS/c1-11-4-6-12(7-5-11)14-13(10-17)15(18-8-3-9-21)20-16(19-14)22-2/h4-7,21H,3,8-9H2,1-2H3,(H,18,19,20). The highest BCUT2D eigenvalue weighted by Crippen LogP contribution is 2.28. The first-order valence-corrected chi connectivity index (χ1v) is 8.20. The fraction of sp³-hybridized carbons (Fsp3) is 0.312. The molecule has 1 aromatic carbocycles. The zero-order valence-corrected chi connectivity index (χ0v) is 13.4. The molecule has 0 aliphatic rings. The SMILES string of the molecule is CSc1nc(NCCCO)c(C#N)c(-c2ccc(C)cc2)n1. The van der Waals surface area contributed by atoms with Crippen molar-refractivity contribution in [1.29, 1.82) is 5.26 Å². The van der Waals surface area contributed by atoms with Crippen LogP contribution < -0.4 is 5.32 Å². The molecule has 0 amide bonds. The topological polar surface area (TPSA) is 81.8 Å². The maximum atomic E-state index is 9.51. The summed E-state index contributed by atoms with van der Waals surface area (Å²) in [5.41, 5.74) is 3.11. The number of nitrogens with zero attached hydrogens (tertiary/aromatic N) is 3. The monoisotopic (exact) mass is 314 g/mol. The number of aliphatic hydroxyl groups is 1. The highest BCUT2D eigenvalue weighted by Gasteiger charge is 2.15. The molecule has 1 aromatic heterocycles. The van der Waals surface area contributed by atoms with Crippen LogP contribution in [0.15, 0.2) is 29.4 Å². The molecule has 0 fully saturated rings. The number of hydrogen-bond acceptors (Lipinski definition) is 6. The maximum absolute atomic E-state index is 9.51. The molecule has 0 saturated carbocycles. The second-order valence-corrected chi connectivity index (χ2v) is 5.54. The third-order valence-corrected chi connectivity index (χ3v) is 3.68. The van der Waals surface area contributed by atoms with Gasteiger partial charge < -0.3 is 10.4 Å². The number of rotatable bonds is 6. The van der Waals surface area contributed by atoms with E-state index >= 15 is 0 Å². The zero-order valence-electron chi connectivity index (χ0n) is 12.6. The summed E-state index contributed by atoms with van der Waals surface area (Å²) >= 11 is 1.43. The number of nitrogens with one attached hydrogen (secondary N) is 1. The molecule has 0 aliphatic heterocycles. The molecule has 0 radical (unpaired) electrons. The number of hydrogen-bond donors (Lipinski definition) is 2. The van der Waals surface area contributed by atoms with Crippen LogP contribution in [0.4, 0.5) is 5.82 Å². The van der Waals surface area contributed by atoms with E-state index in [2.05, 4.69) is 21.4 Å². The minimum atomic E-state index is 0.0974. The number of anilines is 1. The van der Waals surface area contributed by atoms with E-state index in [1.807, 2.05) is 37.4 Å². The summed E-state index contributed by atoms with van der Waals surface area (Å²) in [5, 5.41) is 22.1. The number of aryl methyl sites for hydroxylation is 1. The summed E-state index contributed by atoms with van der Waals surface area (Å²) in [6.07, 6.45) is 2.50. The minimum Gasteiger partial charge on any atom is -0.396 e. The lowest BCUT2D eigenvalue weighted by molar-refractivity contribution is 0.292. The van der Waals surface area contributed by atoms with Crippen LogP contribution in [0.3, 0.4) is 0 Å². The predicted octanol–water partition coefficient (Wildman–Crippen LogP) is 2.84. The van der Waals surface area contributed by atoms with Crippen molar-refractivity contribution in [3.05, 3.63) is 35.4 Å². The number of thioether (sulfide) groups is 1. The van der Waals surface area contributed by atoms with Gasteiger partial charge in [0, 0.05) is 18.7 Å². The van der Waals surface area contributed by atoms with Gasteiger partial charge in [0.25, 0.3) is 0 Å². The molecule has 0 aliphatic carbocycles. The quantitative estimate of drug-likeness (QED) is 0.485. The smallest absolute Gasteiger partial charge is 0.189 e. The number of aromatic nitrogens is 2. The van der Waals surface area contributed by atoms with Crippen LogP contribution in [0.5, 0.6) is 0 Å². The van der Waals surface area contributed by atoms with Gasteiger partial charge in [-0.3, -0.25) is 0 Å². The molecular formula is C16H18N4OS. The van der Waals surface area contributed by atoms with E-state index in [4.69, 9.17) is 5.11 Å². The van der Waals surface area contributed by atoms with E-state index in [0.29, 0.717) is 35.2 Å². The Hall–Kier alpha value is -2.10. The molecule has 1 heterocycles. The zero-order chi connectivity index (χ0) is 15.9. The summed E-state index contributed by atoms with van der Waals surface area (Å²) in [4.78, 5) is 8.86. The Morgan fingerprint density at radius 1 is 1.27 bits per heavy atom. The van der Waals surface area contributed by atoms with Gasteiger partial charge in [0.2, 0.25) is 0 Å². The van der Waals surface area contributed by atoms with Crippen LogP contribution in [0, 0.1) is 18.3 Å². The molecular weight excluding hydrogens is 296 g/mol. The van der Waals surface area contributed by atoms with Crippen molar-refractivity contribution in [1.82, 2.24) is 9.97 Å². The fourth-order valence-corrected chi connectivity index (χ4v) is 2.34. The van der Waals surface area contributed by atoms with Gasteiger partial charge in [-0.25, -0.2) is 9.97 Å². The van der Waals surface area contributed by atoms with Crippen molar-refractivity contribution in [2.75, 3.05) is 24.7 Å². The van der Waals surface area contributed by atoms with E-state index in [9.17, 15) is 5.26 Å². The molecule has 0 unspecified atom stereocenters.